The third-order valence-electron chi connectivity index (χ3n) is 3.84. The summed E-state index contributed by atoms with van der Waals surface area (Å²) in [5.74, 6) is 1.28. The van der Waals surface area contributed by atoms with Gasteiger partial charge in [-0.05, 0) is 43.7 Å². The first-order valence-electron chi connectivity index (χ1n) is 7.35. The molecule has 5 heteroatoms. The van der Waals surface area contributed by atoms with E-state index in [1.54, 1.807) is 31.9 Å². The van der Waals surface area contributed by atoms with Gasteiger partial charge in [0.2, 0.25) is 0 Å². The SMILES string of the molecule is COc1ccc(CN2C(=O)C(C)(C)Oc3cccc(Cl)c32)cc1. The van der Waals surface area contributed by atoms with Crippen molar-refractivity contribution in [3.8, 4) is 11.5 Å². The number of carbonyl (C=O) groups excluding carboxylic acids is 1. The number of anilines is 1. The van der Waals surface area contributed by atoms with E-state index in [0.717, 1.165) is 11.3 Å². The van der Waals surface area contributed by atoms with E-state index < -0.39 is 5.60 Å². The van der Waals surface area contributed by atoms with Gasteiger partial charge in [0.15, 0.2) is 5.60 Å². The van der Waals surface area contributed by atoms with Crippen molar-refractivity contribution in [2.45, 2.75) is 26.0 Å². The summed E-state index contributed by atoms with van der Waals surface area (Å²) in [7, 11) is 1.62. The summed E-state index contributed by atoms with van der Waals surface area (Å²) in [6.45, 7) is 3.95. The highest BCUT2D eigenvalue weighted by Crippen LogP contribution is 2.43. The number of rotatable bonds is 3. The second-order valence-electron chi connectivity index (χ2n) is 5.94. The van der Waals surface area contributed by atoms with Gasteiger partial charge < -0.3 is 9.47 Å². The molecule has 2 aromatic carbocycles. The molecule has 0 aliphatic carbocycles. The van der Waals surface area contributed by atoms with Crippen LogP contribution in [0.4, 0.5) is 5.69 Å². The van der Waals surface area contributed by atoms with Crippen LogP contribution >= 0.6 is 11.6 Å². The number of benzene rings is 2. The molecule has 0 spiro atoms. The Kier molecular flexibility index (Phi) is 3.94. The van der Waals surface area contributed by atoms with Gasteiger partial charge in [0, 0.05) is 0 Å². The molecule has 0 unspecified atom stereocenters. The van der Waals surface area contributed by atoms with Crippen molar-refractivity contribution >= 4 is 23.2 Å². The Morgan fingerprint density at radius 3 is 2.52 bits per heavy atom. The largest absolute Gasteiger partial charge is 0.497 e. The zero-order chi connectivity index (χ0) is 16.6. The highest BCUT2D eigenvalue weighted by atomic mass is 35.5. The van der Waals surface area contributed by atoms with Crippen LogP contribution < -0.4 is 14.4 Å². The first kappa shape index (κ1) is 15.7. The summed E-state index contributed by atoms with van der Waals surface area (Å²) >= 11 is 6.32. The molecule has 0 bridgehead atoms. The lowest BCUT2D eigenvalue weighted by Crippen LogP contribution is -2.52. The summed E-state index contributed by atoms with van der Waals surface area (Å²) in [5.41, 5.74) is 0.682. The highest BCUT2D eigenvalue weighted by molar-refractivity contribution is 6.34. The van der Waals surface area contributed by atoms with Gasteiger partial charge in [-0.3, -0.25) is 9.69 Å². The Morgan fingerprint density at radius 1 is 1.17 bits per heavy atom. The number of amides is 1. The summed E-state index contributed by atoms with van der Waals surface area (Å²) in [5, 5.41) is 0.500. The molecule has 1 heterocycles. The molecule has 0 fully saturated rings. The molecule has 0 N–H and O–H groups in total. The third kappa shape index (κ3) is 2.86. The molecule has 1 amide bonds. The number of carbonyl (C=O) groups is 1. The number of nitrogens with zero attached hydrogens (tertiary/aromatic N) is 1. The van der Waals surface area contributed by atoms with E-state index in [0.29, 0.717) is 23.0 Å². The molecule has 0 saturated heterocycles. The molecule has 2 aromatic rings. The Bertz CT molecular complexity index is 740. The van der Waals surface area contributed by atoms with Crippen LogP contribution in [0.1, 0.15) is 19.4 Å². The van der Waals surface area contributed by atoms with Crippen LogP contribution in [0, 0.1) is 0 Å². The molecule has 4 nitrogen and oxygen atoms in total. The van der Waals surface area contributed by atoms with Crippen LogP contribution in [-0.2, 0) is 11.3 Å². The predicted octanol–water partition coefficient (Wildman–Crippen LogP) is 4.05. The van der Waals surface area contributed by atoms with Crippen molar-refractivity contribution in [1.29, 1.82) is 0 Å². The van der Waals surface area contributed by atoms with Crippen LogP contribution in [0.15, 0.2) is 42.5 Å². The van der Waals surface area contributed by atoms with E-state index in [4.69, 9.17) is 21.1 Å². The monoisotopic (exact) mass is 331 g/mol. The molecule has 0 aromatic heterocycles. The fraction of sp³-hybridized carbons (Fsp3) is 0.278. The lowest BCUT2D eigenvalue weighted by molar-refractivity contribution is -0.132. The Hall–Kier alpha value is -2.20. The second kappa shape index (κ2) is 5.78. The van der Waals surface area contributed by atoms with Gasteiger partial charge in [-0.25, -0.2) is 0 Å². The Balaban J connectivity index is 2.00. The molecule has 0 atom stereocenters. The molecule has 1 aliphatic rings. The number of hydrogen-bond donors (Lipinski definition) is 0. The van der Waals surface area contributed by atoms with E-state index in [2.05, 4.69) is 0 Å². The zero-order valence-corrected chi connectivity index (χ0v) is 14.1. The lowest BCUT2D eigenvalue weighted by atomic mass is 10.0. The number of hydrogen-bond acceptors (Lipinski definition) is 3. The van der Waals surface area contributed by atoms with Crippen LogP contribution in [-0.4, -0.2) is 18.6 Å². The number of methoxy groups -OCH3 is 1. The van der Waals surface area contributed by atoms with Crippen LogP contribution in [0.25, 0.3) is 0 Å². The maximum absolute atomic E-state index is 12.8. The van der Waals surface area contributed by atoms with Gasteiger partial charge >= 0.3 is 0 Å². The average Bonchev–Trinajstić information content (AvgIpc) is 2.52. The zero-order valence-electron chi connectivity index (χ0n) is 13.3. The summed E-state index contributed by atoms with van der Waals surface area (Å²) in [4.78, 5) is 14.5. The molecule has 1 aliphatic heterocycles. The minimum absolute atomic E-state index is 0.117. The van der Waals surface area contributed by atoms with Crippen LogP contribution in [0.5, 0.6) is 11.5 Å². The summed E-state index contributed by atoms with van der Waals surface area (Å²) in [6, 6.07) is 13.0. The van der Waals surface area contributed by atoms with Gasteiger partial charge in [0.1, 0.15) is 17.2 Å². The van der Waals surface area contributed by atoms with E-state index >= 15 is 0 Å². The van der Waals surface area contributed by atoms with Crippen LogP contribution in [0.2, 0.25) is 5.02 Å². The fourth-order valence-corrected chi connectivity index (χ4v) is 2.92. The first-order chi connectivity index (χ1) is 10.9. The van der Waals surface area contributed by atoms with Crippen molar-refractivity contribution in [3.05, 3.63) is 53.1 Å². The maximum Gasteiger partial charge on any atom is 0.271 e. The number of halogens is 1. The molecular weight excluding hydrogens is 314 g/mol. The lowest BCUT2D eigenvalue weighted by Gasteiger charge is -2.39. The fourth-order valence-electron chi connectivity index (χ4n) is 2.65. The highest BCUT2D eigenvalue weighted by Gasteiger charge is 2.41. The number of para-hydroxylation sites is 1. The molecule has 0 radical (unpaired) electrons. The standard InChI is InChI=1S/C18H18ClNO3/c1-18(2)17(21)20(11-12-7-9-13(22-3)10-8-12)16-14(19)5-4-6-15(16)23-18/h4-10H,11H2,1-3H3. The normalized spacial score (nSPS) is 15.8. The van der Waals surface area contributed by atoms with E-state index in [1.165, 1.54) is 0 Å². The maximum atomic E-state index is 12.8. The summed E-state index contributed by atoms with van der Waals surface area (Å²) in [6.07, 6.45) is 0. The topological polar surface area (TPSA) is 38.8 Å². The van der Waals surface area contributed by atoms with Crippen molar-refractivity contribution in [1.82, 2.24) is 0 Å². The number of fused-ring (bicyclic) bond motifs is 1. The van der Waals surface area contributed by atoms with Crippen molar-refractivity contribution in [2.24, 2.45) is 0 Å². The first-order valence-corrected chi connectivity index (χ1v) is 7.72. The quantitative estimate of drug-likeness (QED) is 0.851. The van der Waals surface area contributed by atoms with Gasteiger partial charge in [-0.1, -0.05) is 29.8 Å². The van der Waals surface area contributed by atoms with Crippen molar-refractivity contribution in [2.75, 3.05) is 12.0 Å². The van der Waals surface area contributed by atoms with Gasteiger partial charge in [0.05, 0.1) is 18.7 Å². The van der Waals surface area contributed by atoms with E-state index in [9.17, 15) is 4.79 Å². The van der Waals surface area contributed by atoms with E-state index in [1.807, 2.05) is 36.4 Å². The Labute approximate surface area is 140 Å². The third-order valence-corrected chi connectivity index (χ3v) is 4.15. The molecule has 120 valence electrons. The average molecular weight is 332 g/mol. The van der Waals surface area contributed by atoms with Crippen LogP contribution in [0.3, 0.4) is 0 Å². The molecule has 3 rings (SSSR count). The van der Waals surface area contributed by atoms with E-state index in [-0.39, 0.29) is 5.91 Å². The molecule has 0 saturated carbocycles. The second-order valence-corrected chi connectivity index (χ2v) is 6.35. The van der Waals surface area contributed by atoms with Crippen molar-refractivity contribution in [3.63, 3.8) is 0 Å². The van der Waals surface area contributed by atoms with Crippen molar-refractivity contribution < 1.29 is 14.3 Å². The molecule has 23 heavy (non-hydrogen) atoms. The number of ether oxygens (including phenoxy) is 2. The summed E-state index contributed by atoms with van der Waals surface area (Å²) < 4.78 is 11.0. The molecular formula is C18H18ClNO3. The smallest absolute Gasteiger partial charge is 0.271 e. The minimum Gasteiger partial charge on any atom is -0.497 e. The minimum atomic E-state index is -0.926. The Morgan fingerprint density at radius 2 is 1.87 bits per heavy atom. The van der Waals surface area contributed by atoms with Gasteiger partial charge in [-0.15, -0.1) is 0 Å². The van der Waals surface area contributed by atoms with Gasteiger partial charge in [0.25, 0.3) is 5.91 Å². The van der Waals surface area contributed by atoms with Gasteiger partial charge in [-0.2, -0.15) is 0 Å². The predicted molar refractivity (Wildman–Crippen MR) is 90.3 cm³/mol.